The van der Waals surface area contributed by atoms with Gasteiger partial charge in [-0.05, 0) is 74.4 Å². The lowest BCUT2D eigenvalue weighted by Crippen LogP contribution is -2.43. The predicted molar refractivity (Wildman–Crippen MR) is 140 cm³/mol. The third-order valence-electron chi connectivity index (χ3n) is 8.23. The topological polar surface area (TPSA) is 70.8 Å². The number of aromatic nitrogens is 2. The van der Waals surface area contributed by atoms with Gasteiger partial charge < -0.3 is 4.90 Å². The minimum absolute atomic E-state index is 0.132. The molecule has 1 atom stereocenters. The molecule has 2 aliphatic heterocycles. The van der Waals surface area contributed by atoms with E-state index in [4.69, 9.17) is 0 Å². The molecule has 8 heteroatoms. The van der Waals surface area contributed by atoms with Gasteiger partial charge in [0.05, 0.1) is 17.3 Å². The number of hydrogen-bond donors (Lipinski definition) is 0. The number of benzene rings is 2. The minimum Gasteiger partial charge on any atom is -0.342 e. The van der Waals surface area contributed by atoms with Gasteiger partial charge in [0.2, 0.25) is 5.91 Å². The van der Waals surface area contributed by atoms with Gasteiger partial charge in [-0.1, -0.05) is 19.1 Å². The number of fused-ring (bicyclic) bond motifs is 1. The van der Waals surface area contributed by atoms with Crippen LogP contribution in [-0.4, -0.2) is 62.4 Å². The van der Waals surface area contributed by atoms with Gasteiger partial charge in [0.1, 0.15) is 17.2 Å². The molecule has 6 rings (SSSR count). The Kier molecular flexibility index (Phi) is 5.30. The first-order valence-electron chi connectivity index (χ1n) is 13.0. The van der Waals surface area contributed by atoms with Crippen molar-refractivity contribution in [1.29, 1.82) is 0 Å². The summed E-state index contributed by atoms with van der Waals surface area (Å²) in [5, 5.41) is 5.27. The van der Waals surface area contributed by atoms with Crippen molar-refractivity contribution in [1.82, 2.24) is 19.6 Å². The maximum Gasteiger partial charge on any atom is 0.255 e. The number of rotatable bonds is 5. The first-order chi connectivity index (χ1) is 17.6. The molecule has 2 aromatic carbocycles. The molecule has 0 N–H and O–H groups in total. The van der Waals surface area contributed by atoms with Gasteiger partial charge >= 0.3 is 0 Å². The van der Waals surface area contributed by atoms with Gasteiger partial charge in [-0.25, -0.2) is 4.39 Å². The van der Waals surface area contributed by atoms with Crippen LogP contribution in [-0.2, 0) is 16.6 Å². The quantitative estimate of drug-likeness (QED) is 0.521. The number of aliphatic imine (C=N–C) groups is 1. The molecule has 37 heavy (non-hydrogen) atoms. The van der Waals surface area contributed by atoms with Crippen LogP contribution in [0.2, 0.25) is 0 Å². The Balaban J connectivity index is 1.25. The number of halogens is 1. The monoisotopic (exact) mass is 501 g/mol. The summed E-state index contributed by atoms with van der Waals surface area (Å²) >= 11 is 0. The maximum atomic E-state index is 15.6. The molecule has 3 aliphatic rings. The molecule has 0 radical (unpaired) electrons. The summed E-state index contributed by atoms with van der Waals surface area (Å²) in [6, 6.07) is 11.0. The molecule has 0 spiro atoms. The fourth-order valence-corrected chi connectivity index (χ4v) is 5.60. The van der Waals surface area contributed by atoms with E-state index in [1.165, 1.54) is 6.07 Å². The van der Waals surface area contributed by atoms with Crippen LogP contribution in [0.5, 0.6) is 0 Å². The summed E-state index contributed by atoms with van der Waals surface area (Å²) in [7, 11) is 1.89. The highest BCUT2D eigenvalue weighted by Crippen LogP contribution is 2.47. The van der Waals surface area contributed by atoms with Gasteiger partial charge in [0.25, 0.3) is 5.91 Å². The van der Waals surface area contributed by atoms with Crippen LogP contribution in [0.3, 0.4) is 0 Å². The van der Waals surface area contributed by atoms with Gasteiger partial charge in [-0.2, -0.15) is 5.10 Å². The summed E-state index contributed by atoms with van der Waals surface area (Å²) in [5.41, 5.74) is 1.83. The number of amidine groups is 1. The Hall–Kier alpha value is -3.55. The third kappa shape index (κ3) is 4.03. The second-order valence-corrected chi connectivity index (χ2v) is 11.6. The van der Waals surface area contributed by atoms with Crippen molar-refractivity contribution in [2.75, 3.05) is 19.6 Å². The summed E-state index contributed by atoms with van der Waals surface area (Å²) < 4.78 is 17.4. The van der Waals surface area contributed by atoms with E-state index in [1.807, 2.05) is 43.1 Å². The van der Waals surface area contributed by atoms with Crippen LogP contribution < -0.4 is 0 Å². The molecule has 1 aliphatic carbocycles. The molecule has 0 bridgehead atoms. The fraction of sp³-hybridized carbons (Fsp3) is 0.448. The van der Waals surface area contributed by atoms with E-state index < -0.39 is 11.4 Å². The molecule has 1 unspecified atom stereocenters. The van der Waals surface area contributed by atoms with Crippen molar-refractivity contribution < 1.29 is 14.0 Å². The zero-order valence-electron chi connectivity index (χ0n) is 21.8. The zero-order chi connectivity index (χ0) is 26.1. The smallest absolute Gasteiger partial charge is 0.255 e. The summed E-state index contributed by atoms with van der Waals surface area (Å²) in [4.78, 5) is 34.4. The minimum atomic E-state index is -0.957. The van der Waals surface area contributed by atoms with Gasteiger partial charge in [0, 0.05) is 37.5 Å². The Labute approximate surface area is 216 Å². The average molecular weight is 502 g/mol. The molecule has 2 amide bonds. The zero-order valence-corrected chi connectivity index (χ0v) is 21.8. The van der Waals surface area contributed by atoms with Crippen LogP contribution in [0.25, 0.3) is 22.0 Å². The van der Waals surface area contributed by atoms with E-state index in [-0.39, 0.29) is 23.1 Å². The number of nitrogens with zero attached hydrogens (tertiary/aromatic N) is 5. The lowest BCUT2D eigenvalue weighted by molar-refractivity contribution is -0.135. The molecule has 7 nitrogen and oxygen atoms in total. The number of hydrogen-bond acceptors (Lipinski definition) is 4. The second kappa shape index (κ2) is 8.23. The number of likely N-dealkylation sites (tertiary alicyclic amines) is 1. The molecule has 1 saturated heterocycles. The van der Waals surface area contributed by atoms with Crippen LogP contribution >= 0.6 is 0 Å². The van der Waals surface area contributed by atoms with Crippen molar-refractivity contribution in [2.45, 2.75) is 45.6 Å². The van der Waals surface area contributed by atoms with Crippen LogP contribution in [0.4, 0.5) is 4.39 Å². The molecule has 2 fully saturated rings. The summed E-state index contributed by atoms with van der Waals surface area (Å²) in [6.45, 7) is 7.33. The van der Waals surface area contributed by atoms with E-state index in [2.05, 4.69) is 10.1 Å². The SMILES string of the molecule is Cn1ncc2cc(-c3ccc(C4=NC(C)(C)C(=O)N4CC4CCN(C(=O)C5(C)CC5)C4)c(F)c3)ccc21. The molecule has 3 aromatic rings. The van der Waals surface area contributed by atoms with Gasteiger partial charge in [-0.3, -0.25) is 24.2 Å². The largest absolute Gasteiger partial charge is 0.342 e. The van der Waals surface area contributed by atoms with Crippen LogP contribution in [0, 0.1) is 17.2 Å². The lowest BCUT2D eigenvalue weighted by Gasteiger charge is -2.25. The highest BCUT2D eigenvalue weighted by molar-refractivity contribution is 6.15. The first-order valence-corrected chi connectivity index (χ1v) is 13.0. The highest BCUT2D eigenvalue weighted by Gasteiger charge is 2.49. The highest BCUT2D eigenvalue weighted by atomic mass is 19.1. The molecule has 1 saturated carbocycles. The Morgan fingerprint density at radius 2 is 1.84 bits per heavy atom. The molecule has 192 valence electrons. The van der Waals surface area contributed by atoms with Crippen molar-refractivity contribution >= 4 is 28.6 Å². The van der Waals surface area contributed by atoms with Crippen LogP contribution in [0.1, 0.15) is 45.6 Å². The van der Waals surface area contributed by atoms with Crippen molar-refractivity contribution in [2.24, 2.45) is 23.4 Å². The second-order valence-electron chi connectivity index (χ2n) is 11.6. The number of carbonyl (C=O) groups is 2. The van der Waals surface area contributed by atoms with Gasteiger partial charge in [0.15, 0.2) is 0 Å². The maximum absolute atomic E-state index is 15.6. The van der Waals surface area contributed by atoms with Crippen molar-refractivity contribution in [3.05, 3.63) is 54.0 Å². The van der Waals surface area contributed by atoms with Gasteiger partial charge in [-0.15, -0.1) is 0 Å². The average Bonchev–Trinajstić information content (AvgIpc) is 3.19. The molecule has 3 heterocycles. The normalized spacial score (nSPS) is 22.1. The fourth-order valence-electron chi connectivity index (χ4n) is 5.60. The summed E-state index contributed by atoms with van der Waals surface area (Å²) in [5.74, 6) is 0.196. The van der Waals surface area contributed by atoms with E-state index in [9.17, 15) is 9.59 Å². The van der Waals surface area contributed by atoms with E-state index in [0.29, 0.717) is 31.0 Å². The molecular weight excluding hydrogens is 469 g/mol. The lowest BCUT2D eigenvalue weighted by atomic mass is 10.0. The standard InChI is InChI=1S/C29H32FN5O2/c1-28(2)26(36)35(17-18-9-12-34(16-18)27(37)29(3)10-11-29)25(32-28)22-7-5-20(14-23(22)30)19-6-8-24-21(13-19)15-31-33(24)4/h5-8,13-15,18H,9-12,16-17H2,1-4H3. The molecular formula is C29H32FN5O2. The van der Waals surface area contributed by atoms with E-state index in [1.54, 1.807) is 35.7 Å². The Morgan fingerprint density at radius 3 is 2.57 bits per heavy atom. The Morgan fingerprint density at radius 1 is 1.11 bits per heavy atom. The summed E-state index contributed by atoms with van der Waals surface area (Å²) in [6.07, 6.45) is 4.53. The number of amides is 2. The number of carbonyl (C=O) groups excluding carboxylic acids is 2. The Bertz CT molecular complexity index is 1470. The number of aryl methyl sites for hydroxylation is 1. The predicted octanol–water partition coefficient (Wildman–Crippen LogP) is 4.40. The molecule has 1 aromatic heterocycles. The van der Waals surface area contributed by atoms with Crippen molar-refractivity contribution in [3.63, 3.8) is 0 Å². The van der Waals surface area contributed by atoms with E-state index in [0.717, 1.165) is 41.3 Å². The third-order valence-corrected chi connectivity index (χ3v) is 8.23. The van der Waals surface area contributed by atoms with E-state index >= 15 is 4.39 Å². The van der Waals surface area contributed by atoms with Crippen molar-refractivity contribution in [3.8, 4) is 11.1 Å². The van der Waals surface area contributed by atoms with Crippen LogP contribution in [0.15, 0.2) is 47.6 Å². The first kappa shape index (κ1) is 23.8.